The van der Waals surface area contributed by atoms with Crippen molar-refractivity contribution in [1.82, 2.24) is 4.90 Å². The first kappa shape index (κ1) is 22.3. The third-order valence-electron chi connectivity index (χ3n) is 6.43. The van der Waals surface area contributed by atoms with E-state index in [0.717, 1.165) is 60.1 Å². The van der Waals surface area contributed by atoms with Crippen molar-refractivity contribution in [3.05, 3.63) is 80.0 Å². The van der Waals surface area contributed by atoms with Crippen molar-refractivity contribution in [3.8, 4) is 0 Å². The second-order valence-corrected chi connectivity index (χ2v) is 9.32. The van der Waals surface area contributed by atoms with Gasteiger partial charge in [-0.25, -0.2) is 0 Å². The van der Waals surface area contributed by atoms with Gasteiger partial charge in [-0.3, -0.25) is 15.1 Å². The summed E-state index contributed by atoms with van der Waals surface area (Å²) in [6, 6.07) is 15.4. The van der Waals surface area contributed by atoms with E-state index >= 15 is 0 Å². The quantitative estimate of drug-likeness (QED) is 0.350. The van der Waals surface area contributed by atoms with Crippen molar-refractivity contribution >= 4 is 52.5 Å². The van der Waals surface area contributed by atoms with Crippen LogP contribution < -0.4 is 9.80 Å². The molecule has 0 spiro atoms. The number of likely N-dealkylation sites (N-methyl/N-ethyl adjacent to an activating group) is 1. The summed E-state index contributed by atoms with van der Waals surface area (Å²) >= 11 is 1.68. The minimum absolute atomic E-state index is 0.100. The van der Waals surface area contributed by atoms with Crippen molar-refractivity contribution in [2.75, 3.05) is 49.2 Å². The van der Waals surface area contributed by atoms with Gasteiger partial charge in [-0.15, -0.1) is 11.3 Å². The number of nitro benzene ring substituents is 1. The topological polar surface area (TPSA) is 65.2 Å². The highest BCUT2D eigenvalue weighted by molar-refractivity contribution is 7.12. The first-order valence-corrected chi connectivity index (χ1v) is 12.4. The Morgan fingerprint density at radius 2 is 1.71 bits per heavy atom. The van der Waals surface area contributed by atoms with Crippen LogP contribution in [0.2, 0.25) is 0 Å². The van der Waals surface area contributed by atoms with Crippen LogP contribution in [0.15, 0.2) is 58.9 Å². The van der Waals surface area contributed by atoms with Gasteiger partial charge in [0.15, 0.2) is 0 Å². The highest BCUT2D eigenvalue weighted by atomic mass is 32.1. The van der Waals surface area contributed by atoms with Crippen LogP contribution in [-0.4, -0.2) is 55.4 Å². The lowest BCUT2D eigenvalue weighted by Crippen LogP contribution is -2.46. The molecule has 8 heteroatoms. The van der Waals surface area contributed by atoms with Gasteiger partial charge in [-0.1, -0.05) is 19.1 Å². The zero-order valence-corrected chi connectivity index (χ0v) is 19.9. The molecule has 5 rings (SSSR count). The number of nitrogens with zero attached hydrogens (tertiary/aromatic N) is 5. The average Bonchev–Trinajstić information content (AvgIpc) is 3.31. The maximum absolute atomic E-state index is 10.9. The molecule has 0 unspecified atom stereocenters. The fourth-order valence-electron chi connectivity index (χ4n) is 4.43. The first-order valence-electron chi connectivity index (χ1n) is 11.5. The average molecular weight is 474 g/mol. The van der Waals surface area contributed by atoms with Gasteiger partial charge >= 0.3 is 0 Å². The van der Waals surface area contributed by atoms with E-state index in [4.69, 9.17) is 0 Å². The Morgan fingerprint density at radius 1 is 1.00 bits per heavy atom. The van der Waals surface area contributed by atoms with Gasteiger partial charge < -0.3 is 14.7 Å². The number of nitro groups is 1. The standard InChI is InChI=1S/C26H27N5O2S/c1-2-28-13-15-29(16-14-28)22-9-11-23(12-10-22)30-19-27-17-25-26(30)21(18-34-25)6-3-20-4-7-24(8-5-20)31(32)33/h3-12,17-18H,2,13-16,19H2,1H3/b6-3+. The Balaban J connectivity index is 1.35. The SMILES string of the molecule is CCN1CCN(c2ccc(N3CN=Cc4scc(/C=C/c5ccc([N+](=O)[O-])cc5)c43)cc2)CC1. The van der Waals surface area contributed by atoms with Gasteiger partial charge in [0.25, 0.3) is 5.69 Å². The number of piperazine rings is 1. The molecule has 0 bridgehead atoms. The molecule has 34 heavy (non-hydrogen) atoms. The molecule has 0 N–H and O–H groups in total. The van der Waals surface area contributed by atoms with Gasteiger partial charge in [0.1, 0.15) is 6.67 Å². The van der Waals surface area contributed by atoms with Gasteiger partial charge in [-0.05, 0) is 48.5 Å². The molecule has 7 nitrogen and oxygen atoms in total. The molecular weight excluding hydrogens is 446 g/mol. The molecular formula is C26H27N5O2S. The van der Waals surface area contributed by atoms with Crippen LogP contribution in [0, 0.1) is 10.1 Å². The molecule has 0 atom stereocenters. The number of rotatable bonds is 6. The number of thiophene rings is 1. The van der Waals surface area contributed by atoms with E-state index in [2.05, 4.69) is 62.3 Å². The summed E-state index contributed by atoms with van der Waals surface area (Å²) in [5.41, 5.74) is 5.69. The minimum Gasteiger partial charge on any atom is -0.369 e. The largest absolute Gasteiger partial charge is 0.369 e. The second-order valence-electron chi connectivity index (χ2n) is 8.40. The van der Waals surface area contributed by atoms with Crippen LogP contribution in [0.3, 0.4) is 0 Å². The van der Waals surface area contributed by atoms with Crippen molar-refractivity contribution in [2.45, 2.75) is 6.92 Å². The van der Waals surface area contributed by atoms with Crippen molar-refractivity contribution in [3.63, 3.8) is 0 Å². The van der Waals surface area contributed by atoms with Crippen LogP contribution in [-0.2, 0) is 0 Å². The molecule has 2 aliphatic rings. The van der Waals surface area contributed by atoms with Crippen molar-refractivity contribution in [2.24, 2.45) is 4.99 Å². The van der Waals surface area contributed by atoms with Gasteiger partial charge in [0.2, 0.25) is 0 Å². The summed E-state index contributed by atoms with van der Waals surface area (Å²) in [6.45, 7) is 8.27. The van der Waals surface area contributed by atoms with Crippen LogP contribution in [0.25, 0.3) is 12.2 Å². The van der Waals surface area contributed by atoms with Crippen molar-refractivity contribution in [1.29, 1.82) is 0 Å². The predicted octanol–water partition coefficient (Wildman–Crippen LogP) is 5.50. The van der Waals surface area contributed by atoms with Crippen LogP contribution in [0.1, 0.15) is 22.9 Å². The third kappa shape index (κ3) is 4.60. The summed E-state index contributed by atoms with van der Waals surface area (Å²) < 4.78 is 0. The van der Waals surface area contributed by atoms with E-state index in [1.165, 1.54) is 17.8 Å². The molecule has 0 amide bonds. The normalized spacial score (nSPS) is 16.3. The van der Waals surface area contributed by atoms with Gasteiger partial charge in [0.05, 0.1) is 15.5 Å². The van der Waals surface area contributed by atoms with E-state index in [1.807, 2.05) is 12.3 Å². The zero-order valence-electron chi connectivity index (χ0n) is 19.1. The predicted molar refractivity (Wildman–Crippen MR) is 142 cm³/mol. The van der Waals surface area contributed by atoms with E-state index < -0.39 is 0 Å². The molecule has 0 aliphatic carbocycles. The Kier molecular flexibility index (Phi) is 6.42. The molecule has 174 valence electrons. The third-order valence-corrected chi connectivity index (χ3v) is 7.35. The molecule has 3 aromatic rings. The van der Waals surface area contributed by atoms with Crippen LogP contribution >= 0.6 is 11.3 Å². The lowest BCUT2D eigenvalue weighted by Gasteiger charge is -2.35. The fourth-order valence-corrected chi connectivity index (χ4v) is 5.34. The number of benzene rings is 2. The number of hydrogen-bond acceptors (Lipinski definition) is 7. The monoisotopic (exact) mass is 473 g/mol. The molecule has 1 fully saturated rings. The van der Waals surface area contributed by atoms with E-state index in [0.29, 0.717) is 6.67 Å². The Hall–Kier alpha value is -3.49. The van der Waals surface area contributed by atoms with Crippen LogP contribution in [0.5, 0.6) is 0 Å². The van der Waals surface area contributed by atoms with E-state index in [-0.39, 0.29) is 10.6 Å². The highest BCUT2D eigenvalue weighted by Crippen LogP contribution is 2.39. The van der Waals surface area contributed by atoms with E-state index in [9.17, 15) is 10.1 Å². The summed E-state index contributed by atoms with van der Waals surface area (Å²) in [6.07, 6.45) is 6.01. The molecule has 1 aromatic heterocycles. The minimum atomic E-state index is -0.379. The fraction of sp³-hybridized carbons (Fsp3) is 0.269. The molecule has 2 aromatic carbocycles. The first-order chi connectivity index (χ1) is 16.6. The molecule has 2 aliphatic heterocycles. The molecule has 0 saturated carbocycles. The number of anilines is 3. The number of aliphatic imine (C=N–C) groups is 1. The Bertz CT molecular complexity index is 1210. The summed E-state index contributed by atoms with van der Waals surface area (Å²) in [5.74, 6) is 0. The summed E-state index contributed by atoms with van der Waals surface area (Å²) in [7, 11) is 0. The summed E-state index contributed by atoms with van der Waals surface area (Å²) in [4.78, 5) is 23.4. The lowest BCUT2D eigenvalue weighted by atomic mass is 10.1. The molecule has 1 saturated heterocycles. The van der Waals surface area contributed by atoms with Gasteiger partial charge in [0, 0.05) is 66.8 Å². The number of hydrogen-bond donors (Lipinski definition) is 0. The number of fused-ring (bicyclic) bond motifs is 1. The lowest BCUT2D eigenvalue weighted by molar-refractivity contribution is -0.384. The van der Waals surface area contributed by atoms with Gasteiger partial charge in [-0.2, -0.15) is 0 Å². The summed E-state index contributed by atoms with van der Waals surface area (Å²) in [5, 5.41) is 13.0. The highest BCUT2D eigenvalue weighted by Gasteiger charge is 2.21. The Labute approximate surface area is 203 Å². The molecule has 3 heterocycles. The number of non-ortho nitro benzene ring substituents is 1. The smallest absolute Gasteiger partial charge is 0.269 e. The maximum Gasteiger partial charge on any atom is 0.269 e. The van der Waals surface area contributed by atoms with E-state index in [1.54, 1.807) is 23.5 Å². The Morgan fingerprint density at radius 3 is 2.38 bits per heavy atom. The van der Waals surface area contributed by atoms with Crippen molar-refractivity contribution < 1.29 is 4.92 Å². The van der Waals surface area contributed by atoms with Crippen LogP contribution in [0.4, 0.5) is 22.7 Å². The molecule has 0 radical (unpaired) electrons. The second kappa shape index (κ2) is 9.79. The maximum atomic E-state index is 10.9. The zero-order chi connectivity index (χ0) is 23.5.